The van der Waals surface area contributed by atoms with Gasteiger partial charge in [0.05, 0.1) is 13.1 Å². The molecule has 5 heteroatoms. The van der Waals surface area contributed by atoms with Crippen LogP contribution in [0.2, 0.25) is 0 Å². The number of likely N-dealkylation sites (N-methyl/N-ethyl adjacent to an activating group) is 1. The van der Waals surface area contributed by atoms with Gasteiger partial charge >= 0.3 is 0 Å². The monoisotopic (exact) mass is 230 g/mol. The zero-order chi connectivity index (χ0) is 11.3. The lowest BCUT2D eigenvalue weighted by Gasteiger charge is -2.33. The van der Waals surface area contributed by atoms with Gasteiger partial charge in [0.25, 0.3) is 0 Å². The highest BCUT2D eigenvalue weighted by Gasteiger charge is 2.27. The van der Waals surface area contributed by atoms with Crippen molar-refractivity contribution in [3.05, 3.63) is 0 Å². The predicted molar refractivity (Wildman–Crippen MR) is 61.9 cm³/mol. The molecule has 15 heavy (non-hydrogen) atoms. The van der Waals surface area contributed by atoms with E-state index < -0.39 is 0 Å². The average molecular weight is 230 g/mol. The average Bonchev–Trinajstić information content (AvgIpc) is 2.23. The van der Waals surface area contributed by atoms with Crippen LogP contribution in [-0.4, -0.2) is 53.5 Å². The quantitative estimate of drug-likeness (QED) is 0.548. The third-order valence-electron chi connectivity index (χ3n) is 2.58. The molecule has 0 aromatic heterocycles. The van der Waals surface area contributed by atoms with E-state index in [0.29, 0.717) is 13.1 Å². The van der Waals surface area contributed by atoms with Crippen LogP contribution >= 0.6 is 12.6 Å². The van der Waals surface area contributed by atoms with Crippen LogP contribution in [0.1, 0.15) is 19.8 Å². The molecule has 1 fully saturated rings. The molecule has 1 rings (SSSR count). The fourth-order valence-corrected chi connectivity index (χ4v) is 1.83. The second-order valence-electron chi connectivity index (χ2n) is 3.65. The highest BCUT2D eigenvalue weighted by atomic mass is 32.1. The number of unbranched alkanes of at least 4 members (excludes halogenated alkanes) is 1. The second kappa shape index (κ2) is 6.00. The molecule has 0 aliphatic carbocycles. The van der Waals surface area contributed by atoms with E-state index in [1.54, 1.807) is 9.80 Å². The lowest BCUT2D eigenvalue weighted by molar-refractivity contribution is -0.149. The van der Waals surface area contributed by atoms with E-state index in [2.05, 4.69) is 12.6 Å². The maximum absolute atomic E-state index is 11.6. The molecule has 0 unspecified atom stereocenters. The lowest BCUT2D eigenvalue weighted by atomic mass is 10.2. The minimum atomic E-state index is 0.0583. The molecular weight excluding hydrogens is 212 g/mol. The number of thiol groups is 1. The number of piperazine rings is 1. The predicted octanol–water partition coefficient (Wildman–Crippen LogP) is 0.387. The van der Waals surface area contributed by atoms with Crippen molar-refractivity contribution < 1.29 is 9.59 Å². The first-order valence-electron chi connectivity index (χ1n) is 5.35. The molecule has 1 aliphatic rings. The smallest absolute Gasteiger partial charge is 0.242 e. The van der Waals surface area contributed by atoms with Gasteiger partial charge < -0.3 is 9.80 Å². The number of hydrogen-bond acceptors (Lipinski definition) is 3. The van der Waals surface area contributed by atoms with E-state index in [9.17, 15) is 9.59 Å². The van der Waals surface area contributed by atoms with Gasteiger partial charge in [0.2, 0.25) is 11.8 Å². The third-order valence-corrected chi connectivity index (χ3v) is 2.89. The molecule has 2 amide bonds. The van der Waals surface area contributed by atoms with Gasteiger partial charge in [-0.15, -0.1) is 0 Å². The second-order valence-corrected chi connectivity index (χ2v) is 4.10. The lowest BCUT2D eigenvalue weighted by Crippen LogP contribution is -2.53. The van der Waals surface area contributed by atoms with Gasteiger partial charge in [-0.3, -0.25) is 9.59 Å². The van der Waals surface area contributed by atoms with Crippen molar-refractivity contribution in [2.24, 2.45) is 0 Å². The summed E-state index contributed by atoms with van der Waals surface area (Å²) in [6, 6.07) is 0. The van der Waals surface area contributed by atoms with Gasteiger partial charge in [-0.05, 0) is 25.5 Å². The number of carbonyl (C=O) groups is 2. The summed E-state index contributed by atoms with van der Waals surface area (Å²) in [6.07, 6.45) is 1.91. The SMILES string of the molecule is CCN1CC(=O)N(CCCCS)CC1=O. The summed E-state index contributed by atoms with van der Waals surface area (Å²) < 4.78 is 0. The van der Waals surface area contributed by atoms with Crippen LogP contribution in [-0.2, 0) is 9.59 Å². The van der Waals surface area contributed by atoms with Crippen LogP contribution in [0.4, 0.5) is 0 Å². The van der Waals surface area contributed by atoms with Crippen LogP contribution in [0.3, 0.4) is 0 Å². The third kappa shape index (κ3) is 3.41. The van der Waals surface area contributed by atoms with Crippen molar-refractivity contribution in [2.45, 2.75) is 19.8 Å². The standard InChI is InChI=1S/C10H18N2O2S/c1-2-11-7-10(14)12(8-9(11)13)5-3-4-6-15/h15H,2-8H2,1H3. The Kier molecular flexibility index (Phi) is 4.94. The van der Waals surface area contributed by atoms with E-state index in [4.69, 9.17) is 0 Å². The van der Waals surface area contributed by atoms with Crippen LogP contribution in [0.15, 0.2) is 0 Å². The van der Waals surface area contributed by atoms with Gasteiger partial charge in [0.1, 0.15) is 0 Å². The molecule has 0 radical (unpaired) electrons. The van der Waals surface area contributed by atoms with Crippen LogP contribution < -0.4 is 0 Å². The molecule has 0 atom stereocenters. The Morgan fingerprint density at radius 2 is 1.73 bits per heavy atom. The molecule has 0 aromatic rings. The van der Waals surface area contributed by atoms with Crippen molar-refractivity contribution in [1.82, 2.24) is 9.80 Å². The van der Waals surface area contributed by atoms with Crippen LogP contribution in [0.25, 0.3) is 0 Å². The Morgan fingerprint density at radius 3 is 2.33 bits per heavy atom. The summed E-state index contributed by atoms with van der Waals surface area (Å²) in [7, 11) is 0. The molecule has 0 spiro atoms. The van der Waals surface area contributed by atoms with Crippen molar-refractivity contribution in [2.75, 3.05) is 31.9 Å². The van der Waals surface area contributed by atoms with E-state index in [-0.39, 0.29) is 24.9 Å². The molecular formula is C10H18N2O2S. The minimum absolute atomic E-state index is 0.0583. The van der Waals surface area contributed by atoms with Gasteiger partial charge in [-0.1, -0.05) is 0 Å². The normalized spacial score (nSPS) is 17.5. The molecule has 1 saturated heterocycles. The van der Waals surface area contributed by atoms with Crippen molar-refractivity contribution in [3.63, 3.8) is 0 Å². The van der Waals surface area contributed by atoms with Crippen molar-refractivity contribution >= 4 is 24.4 Å². The van der Waals surface area contributed by atoms with E-state index in [0.717, 1.165) is 18.6 Å². The Balaban J connectivity index is 2.41. The first kappa shape index (κ1) is 12.4. The molecule has 0 bridgehead atoms. The number of rotatable bonds is 5. The molecule has 86 valence electrons. The van der Waals surface area contributed by atoms with Gasteiger partial charge in [-0.25, -0.2) is 0 Å². The Labute approximate surface area is 96.0 Å². The maximum atomic E-state index is 11.6. The number of amides is 2. The summed E-state index contributed by atoms with van der Waals surface area (Å²) in [5.74, 6) is 0.954. The van der Waals surface area contributed by atoms with Gasteiger partial charge in [-0.2, -0.15) is 12.6 Å². The van der Waals surface area contributed by atoms with Crippen LogP contribution in [0.5, 0.6) is 0 Å². The Morgan fingerprint density at radius 1 is 1.13 bits per heavy atom. The molecule has 1 aliphatic heterocycles. The molecule has 0 N–H and O–H groups in total. The zero-order valence-electron chi connectivity index (χ0n) is 9.11. The highest BCUT2D eigenvalue weighted by Crippen LogP contribution is 2.06. The van der Waals surface area contributed by atoms with Gasteiger partial charge in [0.15, 0.2) is 0 Å². The number of carbonyl (C=O) groups excluding carboxylic acids is 2. The zero-order valence-corrected chi connectivity index (χ0v) is 10.0. The van der Waals surface area contributed by atoms with E-state index >= 15 is 0 Å². The molecule has 4 nitrogen and oxygen atoms in total. The summed E-state index contributed by atoms with van der Waals surface area (Å²) in [6.45, 7) is 3.69. The fraction of sp³-hybridized carbons (Fsp3) is 0.800. The molecule has 0 aromatic carbocycles. The summed E-state index contributed by atoms with van der Waals surface area (Å²) in [5.41, 5.74) is 0. The minimum Gasteiger partial charge on any atom is -0.332 e. The van der Waals surface area contributed by atoms with Crippen molar-refractivity contribution in [3.8, 4) is 0 Å². The number of nitrogens with zero attached hydrogens (tertiary/aromatic N) is 2. The van der Waals surface area contributed by atoms with E-state index in [1.807, 2.05) is 6.92 Å². The van der Waals surface area contributed by atoms with E-state index in [1.165, 1.54) is 0 Å². The number of hydrogen-bond donors (Lipinski definition) is 1. The highest BCUT2D eigenvalue weighted by molar-refractivity contribution is 7.80. The molecule has 1 heterocycles. The van der Waals surface area contributed by atoms with Gasteiger partial charge in [0, 0.05) is 13.1 Å². The summed E-state index contributed by atoms with van der Waals surface area (Å²) >= 11 is 4.11. The first-order valence-corrected chi connectivity index (χ1v) is 5.98. The maximum Gasteiger partial charge on any atom is 0.242 e. The first-order chi connectivity index (χ1) is 7.19. The Hall–Kier alpha value is -0.710. The van der Waals surface area contributed by atoms with Crippen LogP contribution in [0, 0.1) is 0 Å². The summed E-state index contributed by atoms with van der Waals surface area (Å²) in [4.78, 5) is 26.4. The Bertz CT molecular complexity index is 246. The molecule has 0 saturated carbocycles. The topological polar surface area (TPSA) is 40.6 Å². The largest absolute Gasteiger partial charge is 0.332 e. The fourth-order valence-electron chi connectivity index (χ4n) is 1.61. The summed E-state index contributed by atoms with van der Waals surface area (Å²) in [5, 5.41) is 0. The van der Waals surface area contributed by atoms with Crippen molar-refractivity contribution in [1.29, 1.82) is 0 Å².